The number of nitrogens with zero attached hydrogens (tertiary/aromatic N) is 2. The molecular formula is C20H23F6N3O5. The monoisotopic (exact) mass is 499 g/mol. The van der Waals surface area contributed by atoms with Gasteiger partial charge in [0.05, 0.1) is 23.7 Å². The van der Waals surface area contributed by atoms with E-state index in [0.29, 0.717) is 37.5 Å². The largest absolute Gasteiger partial charge is 0.522 e. The van der Waals surface area contributed by atoms with Crippen LogP contribution in [0, 0.1) is 0 Å². The topological polar surface area (TPSA) is 95.7 Å². The van der Waals surface area contributed by atoms with Gasteiger partial charge < -0.3 is 14.5 Å². The van der Waals surface area contributed by atoms with E-state index in [1.54, 1.807) is 0 Å². The van der Waals surface area contributed by atoms with Gasteiger partial charge in [-0.05, 0) is 44.9 Å². The molecule has 0 aliphatic heterocycles. The third kappa shape index (κ3) is 4.89. The van der Waals surface area contributed by atoms with Crippen LogP contribution in [0.3, 0.4) is 0 Å². The molecule has 1 aromatic rings. The van der Waals surface area contributed by atoms with Crippen molar-refractivity contribution in [2.24, 2.45) is 0 Å². The molecule has 34 heavy (non-hydrogen) atoms. The average molecular weight is 499 g/mol. The molecule has 0 radical (unpaired) electrons. The summed E-state index contributed by atoms with van der Waals surface area (Å²) in [6.45, 7) is -0.244. The van der Waals surface area contributed by atoms with E-state index in [0.717, 1.165) is 0 Å². The summed E-state index contributed by atoms with van der Waals surface area (Å²) < 4.78 is 92.8. The Balaban J connectivity index is 1.02. The number of alkyl halides is 6. The molecule has 0 saturated heterocycles. The summed E-state index contributed by atoms with van der Waals surface area (Å²) in [7, 11) is 0. The van der Waals surface area contributed by atoms with Crippen LogP contribution < -0.4 is 5.32 Å². The molecule has 190 valence electrons. The van der Waals surface area contributed by atoms with Gasteiger partial charge in [0.15, 0.2) is 0 Å². The van der Waals surface area contributed by atoms with Crippen LogP contribution in [-0.4, -0.2) is 59.3 Å². The van der Waals surface area contributed by atoms with Crippen molar-refractivity contribution in [1.82, 2.24) is 15.5 Å². The lowest BCUT2D eigenvalue weighted by Gasteiger charge is -2.68. The van der Waals surface area contributed by atoms with E-state index in [2.05, 4.69) is 25.0 Å². The number of nitrogens with one attached hydrogen (secondary N) is 1. The highest BCUT2D eigenvalue weighted by Gasteiger charge is 2.72. The number of amides is 1. The van der Waals surface area contributed by atoms with Gasteiger partial charge in [-0.1, -0.05) is 0 Å². The van der Waals surface area contributed by atoms with Gasteiger partial charge in [-0.3, -0.25) is 14.3 Å². The van der Waals surface area contributed by atoms with Crippen LogP contribution in [0.5, 0.6) is 0 Å². The van der Waals surface area contributed by atoms with Gasteiger partial charge in [-0.2, -0.15) is 0 Å². The minimum atomic E-state index is -4.68. The van der Waals surface area contributed by atoms with Gasteiger partial charge in [0.2, 0.25) is 17.7 Å². The average Bonchev–Trinajstić information content (AvgIpc) is 3.25. The normalized spacial score (nSPS) is 37.0. The molecule has 1 N–H and O–H groups in total. The minimum absolute atomic E-state index is 0.0879. The van der Waals surface area contributed by atoms with Crippen molar-refractivity contribution >= 4 is 5.91 Å². The SMILES string of the molecule is O=C(CO[C@@H]1CC[C@H](OC(F)(F)F)C1)NC12CC(c3nnc([C@H]4C[C@@H](OC(F)(F)F)C4)o3)(C1)C2. The zero-order valence-electron chi connectivity index (χ0n) is 17.9. The lowest BCUT2D eigenvalue weighted by atomic mass is 9.39. The van der Waals surface area contributed by atoms with Gasteiger partial charge in [-0.25, -0.2) is 0 Å². The number of carbonyl (C=O) groups is 1. The number of hydrogen-bond donors (Lipinski definition) is 1. The summed E-state index contributed by atoms with van der Waals surface area (Å²) in [5.74, 6) is 0.127. The molecule has 0 spiro atoms. The number of aromatic nitrogens is 2. The Morgan fingerprint density at radius 1 is 0.941 bits per heavy atom. The van der Waals surface area contributed by atoms with Crippen molar-refractivity contribution < 1.29 is 49.8 Å². The Kier molecular flexibility index (Phi) is 5.63. The first-order valence-electron chi connectivity index (χ1n) is 11.1. The molecule has 1 amide bonds. The highest BCUT2D eigenvalue weighted by molar-refractivity contribution is 5.79. The van der Waals surface area contributed by atoms with E-state index in [9.17, 15) is 31.1 Å². The van der Waals surface area contributed by atoms with Crippen LogP contribution in [0.15, 0.2) is 4.42 Å². The third-order valence-electron chi connectivity index (χ3n) is 7.16. The van der Waals surface area contributed by atoms with E-state index in [4.69, 9.17) is 9.15 Å². The van der Waals surface area contributed by atoms with Crippen molar-refractivity contribution in [3.63, 3.8) is 0 Å². The molecule has 5 fully saturated rings. The molecule has 14 heteroatoms. The Morgan fingerprint density at radius 3 is 2.21 bits per heavy atom. The van der Waals surface area contributed by atoms with Gasteiger partial charge in [0.25, 0.3) is 0 Å². The lowest BCUT2D eigenvalue weighted by molar-refractivity contribution is -0.352. The van der Waals surface area contributed by atoms with Crippen molar-refractivity contribution in [1.29, 1.82) is 0 Å². The molecule has 5 aliphatic rings. The quantitative estimate of drug-likeness (QED) is 0.546. The van der Waals surface area contributed by atoms with Crippen LogP contribution in [0.2, 0.25) is 0 Å². The molecule has 8 nitrogen and oxygen atoms in total. The van der Waals surface area contributed by atoms with Crippen LogP contribution in [0.25, 0.3) is 0 Å². The van der Waals surface area contributed by atoms with E-state index in [1.165, 1.54) is 0 Å². The van der Waals surface area contributed by atoms with Gasteiger partial charge in [0, 0.05) is 17.9 Å². The van der Waals surface area contributed by atoms with Crippen molar-refractivity contribution in [3.8, 4) is 0 Å². The summed E-state index contributed by atoms with van der Waals surface area (Å²) in [6.07, 6.45) is -8.81. The standard InChI is InChI=1S/C20H23F6N3O5/c21-19(22,23)33-12-2-1-11(5-12)31-6-14(30)27-18-7-17(8-18,9-18)16-29-28-15(32-16)10-3-13(4-10)34-20(24,25)26/h10-13H,1-9H2,(H,27,30)/t10-,11-,12+,13+,17?,18?/m1/s1. The van der Waals surface area contributed by atoms with E-state index in [-0.39, 0.29) is 49.5 Å². The second-order valence-electron chi connectivity index (χ2n) is 9.87. The molecular weight excluding hydrogens is 476 g/mol. The summed E-state index contributed by atoms with van der Waals surface area (Å²) >= 11 is 0. The van der Waals surface area contributed by atoms with Crippen molar-refractivity contribution in [2.45, 2.75) is 99.3 Å². The molecule has 0 unspecified atom stereocenters. The molecule has 6 rings (SSSR count). The fourth-order valence-electron chi connectivity index (χ4n) is 5.69. The molecule has 0 aromatic carbocycles. The zero-order chi connectivity index (χ0) is 24.4. The highest BCUT2D eigenvalue weighted by atomic mass is 19.4. The number of ether oxygens (including phenoxy) is 3. The first-order chi connectivity index (χ1) is 15.8. The molecule has 1 heterocycles. The first kappa shape index (κ1) is 23.8. The molecule has 2 bridgehead atoms. The van der Waals surface area contributed by atoms with Crippen LogP contribution in [-0.2, 0) is 24.4 Å². The summed E-state index contributed by atoms with van der Waals surface area (Å²) in [6, 6.07) is 0. The fraction of sp³-hybridized carbons (Fsp3) is 0.850. The predicted molar refractivity (Wildman–Crippen MR) is 98.1 cm³/mol. The maximum absolute atomic E-state index is 12.3. The van der Waals surface area contributed by atoms with Crippen LogP contribution in [0.4, 0.5) is 26.3 Å². The summed E-state index contributed by atoms with van der Waals surface area (Å²) in [5, 5.41) is 11.0. The Hall–Kier alpha value is -1.93. The maximum Gasteiger partial charge on any atom is 0.522 e. The maximum atomic E-state index is 12.3. The fourth-order valence-corrected chi connectivity index (χ4v) is 5.69. The van der Waals surface area contributed by atoms with Crippen LogP contribution in [0.1, 0.15) is 69.1 Å². The van der Waals surface area contributed by atoms with Gasteiger partial charge in [0.1, 0.15) is 6.61 Å². The third-order valence-corrected chi connectivity index (χ3v) is 7.16. The molecule has 5 saturated carbocycles. The van der Waals surface area contributed by atoms with E-state index < -0.39 is 36.6 Å². The zero-order valence-corrected chi connectivity index (χ0v) is 17.9. The summed E-state index contributed by atoms with van der Waals surface area (Å²) in [4.78, 5) is 12.3. The number of halogens is 6. The molecule has 2 atom stereocenters. The van der Waals surface area contributed by atoms with E-state index >= 15 is 0 Å². The van der Waals surface area contributed by atoms with Gasteiger partial charge >= 0.3 is 12.7 Å². The Labute approximate surface area is 189 Å². The molecule has 5 aliphatic carbocycles. The van der Waals surface area contributed by atoms with Crippen molar-refractivity contribution in [3.05, 3.63) is 11.8 Å². The smallest absolute Gasteiger partial charge is 0.424 e. The second-order valence-corrected chi connectivity index (χ2v) is 9.87. The number of rotatable bonds is 8. The Bertz CT molecular complexity index is 909. The lowest BCUT2D eigenvalue weighted by Crippen LogP contribution is -2.77. The highest BCUT2D eigenvalue weighted by Crippen LogP contribution is 2.67. The van der Waals surface area contributed by atoms with E-state index in [1.807, 2.05) is 0 Å². The van der Waals surface area contributed by atoms with Gasteiger partial charge in [-0.15, -0.1) is 36.5 Å². The summed E-state index contributed by atoms with van der Waals surface area (Å²) in [5.41, 5.74) is -0.729. The van der Waals surface area contributed by atoms with Crippen molar-refractivity contribution in [2.75, 3.05) is 6.61 Å². The number of hydrogen-bond acceptors (Lipinski definition) is 7. The van der Waals surface area contributed by atoms with Crippen LogP contribution >= 0.6 is 0 Å². The molecule has 1 aromatic heterocycles. The first-order valence-corrected chi connectivity index (χ1v) is 11.1. The predicted octanol–water partition coefficient (Wildman–Crippen LogP) is 3.62. The second kappa shape index (κ2) is 8.05. The number of carbonyl (C=O) groups excluding carboxylic acids is 1. The minimum Gasteiger partial charge on any atom is -0.424 e. The Morgan fingerprint density at radius 2 is 1.56 bits per heavy atom.